The highest BCUT2D eigenvalue weighted by Gasteiger charge is 2.21. The molecule has 0 saturated carbocycles. The Bertz CT molecular complexity index is 672. The monoisotopic (exact) mass is 290 g/mol. The van der Waals surface area contributed by atoms with Crippen molar-refractivity contribution in [3.05, 3.63) is 29.8 Å². The molecule has 2 aromatic heterocycles. The van der Waals surface area contributed by atoms with Crippen LogP contribution in [0.2, 0.25) is 0 Å². The van der Waals surface area contributed by atoms with Crippen LogP contribution in [-0.4, -0.2) is 38.4 Å². The van der Waals surface area contributed by atoms with Crippen molar-refractivity contribution in [2.45, 2.75) is 19.9 Å². The van der Waals surface area contributed by atoms with E-state index >= 15 is 0 Å². The summed E-state index contributed by atoms with van der Waals surface area (Å²) >= 11 is 0. The topological polar surface area (TPSA) is 93.8 Å². The molecule has 0 spiro atoms. The van der Waals surface area contributed by atoms with Gasteiger partial charge in [0.2, 0.25) is 5.91 Å². The first-order chi connectivity index (χ1) is 9.92. The van der Waals surface area contributed by atoms with E-state index in [1.807, 2.05) is 6.92 Å². The molecule has 2 heterocycles. The number of carbonyl (C=O) groups is 2. The van der Waals surface area contributed by atoms with Crippen molar-refractivity contribution >= 4 is 17.5 Å². The minimum Gasteiger partial charge on any atom is -0.354 e. The van der Waals surface area contributed by atoms with Gasteiger partial charge in [-0.25, -0.2) is 0 Å². The summed E-state index contributed by atoms with van der Waals surface area (Å²) in [5.41, 5.74) is 1.52. The van der Waals surface area contributed by atoms with Gasteiger partial charge < -0.3 is 10.6 Å². The van der Waals surface area contributed by atoms with Crippen LogP contribution in [0.4, 0.5) is 5.69 Å². The van der Waals surface area contributed by atoms with Crippen molar-refractivity contribution in [2.75, 3.05) is 12.4 Å². The Labute approximate surface area is 122 Å². The number of carbonyl (C=O) groups excluding carboxylic acids is 2. The fraction of sp³-hybridized carbons (Fsp3) is 0.385. The second-order valence-corrected chi connectivity index (χ2v) is 4.81. The van der Waals surface area contributed by atoms with Crippen LogP contribution in [0.15, 0.2) is 18.6 Å². The zero-order chi connectivity index (χ0) is 15.6. The molecule has 2 amide bonds. The second-order valence-electron chi connectivity index (χ2n) is 4.81. The molecule has 0 saturated heterocycles. The molecular weight excluding hydrogens is 272 g/mol. The minimum atomic E-state index is -0.489. The fourth-order valence-electron chi connectivity index (χ4n) is 1.87. The summed E-state index contributed by atoms with van der Waals surface area (Å²) < 4.78 is 3.05. The van der Waals surface area contributed by atoms with Gasteiger partial charge in [-0.05, 0) is 19.4 Å². The van der Waals surface area contributed by atoms with E-state index in [2.05, 4.69) is 20.8 Å². The molecule has 0 radical (unpaired) electrons. The van der Waals surface area contributed by atoms with Gasteiger partial charge in [0, 0.05) is 26.5 Å². The molecule has 2 aromatic rings. The number of hydrogen-bond acceptors (Lipinski definition) is 4. The van der Waals surface area contributed by atoms with Crippen molar-refractivity contribution in [1.82, 2.24) is 24.9 Å². The van der Waals surface area contributed by atoms with Crippen LogP contribution in [-0.2, 0) is 11.8 Å². The summed E-state index contributed by atoms with van der Waals surface area (Å²) in [4.78, 5) is 24.0. The summed E-state index contributed by atoms with van der Waals surface area (Å²) in [5.74, 6) is -0.621. The summed E-state index contributed by atoms with van der Waals surface area (Å²) in [6, 6.07) is -0.489. The number of aryl methyl sites for hydroxylation is 2. The number of anilines is 1. The zero-order valence-electron chi connectivity index (χ0n) is 12.4. The van der Waals surface area contributed by atoms with Gasteiger partial charge in [-0.15, -0.1) is 0 Å². The van der Waals surface area contributed by atoms with Crippen molar-refractivity contribution in [3.8, 4) is 0 Å². The summed E-state index contributed by atoms with van der Waals surface area (Å²) in [7, 11) is 3.19. The van der Waals surface area contributed by atoms with Crippen LogP contribution in [0.1, 0.15) is 29.0 Å². The molecule has 0 aliphatic heterocycles. The molecule has 21 heavy (non-hydrogen) atoms. The second kappa shape index (κ2) is 5.78. The Kier molecular flexibility index (Phi) is 4.06. The Balaban J connectivity index is 2.18. The Hall–Kier alpha value is -2.64. The molecular formula is C13H18N6O2. The number of hydrogen-bond donors (Lipinski definition) is 2. The van der Waals surface area contributed by atoms with Gasteiger partial charge >= 0.3 is 0 Å². The number of rotatable bonds is 4. The first-order valence-corrected chi connectivity index (χ1v) is 6.49. The fourth-order valence-corrected chi connectivity index (χ4v) is 1.87. The van der Waals surface area contributed by atoms with Gasteiger partial charge in [-0.2, -0.15) is 10.2 Å². The third-order valence-corrected chi connectivity index (χ3v) is 3.04. The quantitative estimate of drug-likeness (QED) is 0.856. The maximum Gasteiger partial charge on any atom is 0.273 e. The molecule has 0 aliphatic carbocycles. The van der Waals surface area contributed by atoms with Gasteiger partial charge in [0.25, 0.3) is 5.91 Å². The average molecular weight is 290 g/mol. The lowest BCUT2D eigenvalue weighted by molar-refractivity contribution is -0.119. The number of nitrogens with zero attached hydrogens (tertiary/aromatic N) is 4. The molecule has 8 heteroatoms. The first-order valence-electron chi connectivity index (χ1n) is 6.49. The van der Waals surface area contributed by atoms with Crippen LogP contribution in [0.25, 0.3) is 0 Å². The maximum atomic E-state index is 12.3. The molecule has 2 N–H and O–H groups in total. The van der Waals surface area contributed by atoms with E-state index in [-0.39, 0.29) is 17.5 Å². The molecule has 0 bridgehead atoms. The third kappa shape index (κ3) is 3.10. The molecule has 0 aliphatic rings. The molecule has 1 unspecified atom stereocenters. The van der Waals surface area contributed by atoms with E-state index in [9.17, 15) is 9.59 Å². The maximum absolute atomic E-state index is 12.3. The first kappa shape index (κ1) is 14.8. The Morgan fingerprint density at radius 1 is 1.33 bits per heavy atom. The highest BCUT2D eigenvalue weighted by molar-refractivity contribution is 6.02. The lowest BCUT2D eigenvalue weighted by Gasteiger charge is -2.12. The van der Waals surface area contributed by atoms with E-state index in [1.54, 1.807) is 37.2 Å². The van der Waals surface area contributed by atoms with Crippen molar-refractivity contribution in [2.24, 2.45) is 7.05 Å². The standard InChI is InChI=1S/C13H18N6O2/c1-8-5-15-19(6-8)9(2)12(20)16-10-7-18(4)17-11(10)13(21)14-3/h5-7,9H,1-4H3,(H,14,21)(H,16,20). The predicted octanol–water partition coefficient (Wildman–Crippen LogP) is 0.484. The van der Waals surface area contributed by atoms with Crippen LogP contribution in [0.3, 0.4) is 0 Å². The smallest absolute Gasteiger partial charge is 0.273 e. The molecule has 0 aromatic carbocycles. The Morgan fingerprint density at radius 2 is 2.05 bits per heavy atom. The summed E-state index contributed by atoms with van der Waals surface area (Å²) in [5, 5.41) is 13.4. The van der Waals surface area contributed by atoms with Crippen molar-refractivity contribution in [1.29, 1.82) is 0 Å². The van der Waals surface area contributed by atoms with Gasteiger partial charge in [0.05, 0.1) is 11.9 Å². The average Bonchev–Trinajstić information content (AvgIpc) is 3.03. The normalized spacial score (nSPS) is 12.0. The number of aromatic nitrogens is 4. The molecule has 0 fully saturated rings. The highest BCUT2D eigenvalue weighted by atomic mass is 16.2. The Morgan fingerprint density at radius 3 is 2.62 bits per heavy atom. The lowest BCUT2D eigenvalue weighted by Crippen LogP contribution is -2.26. The number of amides is 2. The highest BCUT2D eigenvalue weighted by Crippen LogP contribution is 2.16. The molecule has 1 atom stereocenters. The van der Waals surface area contributed by atoms with Crippen LogP contribution in [0, 0.1) is 6.92 Å². The third-order valence-electron chi connectivity index (χ3n) is 3.04. The van der Waals surface area contributed by atoms with Gasteiger partial charge in [-0.3, -0.25) is 19.0 Å². The van der Waals surface area contributed by atoms with Gasteiger partial charge in [-0.1, -0.05) is 0 Å². The van der Waals surface area contributed by atoms with Crippen LogP contribution in [0.5, 0.6) is 0 Å². The van der Waals surface area contributed by atoms with Gasteiger partial charge in [0.1, 0.15) is 6.04 Å². The summed E-state index contributed by atoms with van der Waals surface area (Å²) in [6.45, 7) is 3.64. The predicted molar refractivity (Wildman–Crippen MR) is 76.9 cm³/mol. The largest absolute Gasteiger partial charge is 0.354 e. The van der Waals surface area contributed by atoms with E-state index in [4.69, 9.17) is 0 Å². The van der Waals surface area contributed by atoms with E-state index in [0.29, 0.717) is 5.69 Å². The SMILES string of the molecule is CNC(=O)c1nn(C)cc1NC(=O)C(C)n1cc(C)cn1. The molecule has 2 rings (SSSR count). The van der Waals surface area contributed by atoms with Crippen LogP contribution >= 0.6 is 0 Å². The van der Waals surface area contributed by atoms with Crippen LogP contribution < -0.4 is 10.6 Å². The van der Waals surface area contributed by atoms with E-state index < -0.39 is 6.04 Å². The summed E-state index contributed by atoms with van der Waals surface area (Å²) in [6.07, 6.45) is 5.06. The number of nitrogens with one attached hydrogen (secondary N) is 2. The molecule has 8 nitrogen and oxygen atoms in total. The van der Waals surface area contributed by atoms with E-state index in [0.717, 1.165) is 5.56 Å². The lowest BCUT2D eigenvalue weighted by atomic mass is 10.3. The molecule has 112 valence electrons. The zero-order valence-corrected chi connectivity index (χ0v) is 12.4. The van der Waals surface area contributed by atoms with Crippen molar-refractivity contribution in [3.63, 3.8) is 0 Å². The van der Waals surface area contributed by atoms with Crippen molar-refractivity contribution < 1.29 is 9.59 Å². The van der Waals surface area contributed by atoms with E-state index in [1.165, 1.54) is 11.7 Å². The van der Waals surface area contributed by atoms with Gasteiger partial charge in [0.15, 0.2) is 5.69 Å². The minimum absolute atomic E-state index is 0.178.